The molecule has 0 atom stereocenters. The highest BCUT2D eigenvalue weighted by Crippen LogP contribution is 2.19. The predicted molar refractivity (Wildman–Crippen MR) is 126 cm³/mol. The molecule has 32 heavy (non-hydrogen) atoms. The van der Waals surface area contributed by atoms with Crippen LogP contribution in [0.4, 0.5) is 0 Å². The Kier molecular flexibility index (Phi) is 8.46. The average molecular weight is 516 g/mol. The molecule has 0 aliphatic heterocycles. The Morgan fingerprint density at radius 1 is 1.19 bits per heavy atom. The molecule has 0 unspecified atom stereocenters. The summed E-state index contributed by atoms with van der Waals surface area (Å²) in [5.41, 5.74) is 6.34. The molecule has 166 valence electrons. The largest absolute Gasteiger partial charge is 0.486 e. The molecule has 2 aromatic carbocycles. The van der Waals surface area contributed by atoms with Gasteiger partial charge in [0.05, 0.1) is 5.75 Å². The smallest absolute Gasteiger partial charge is 0.269 e. The number of rotatable bonds is 9. The number of hydrogen-bond donors (Lipinski definition) is 2. The summed E-state index contributed by atoms with van der Waals surface area (Å²) >= 11 is 4.52. The maximum absolute atomic E-state index is 12.2. The molecule has 0 saturated heterocycles. The van der Waals surface area contributed by atoms with Gasteiger partial charge < -0.3 is 4.74 Å². The molecule has 3 aromatic rings. The molecule has 1 heterocycles. The molecular formula is C22H22BrN5O3S. The maximum Gasteiger partial charge on any atom is 0.269 e. The van der Waals surface area contributed by atoms with Crippen LogP contribution in [0.3, 0.4) is 0 Å². The normalized spacial score (nSPS) is 10.4. The van der Waals surface area contributed by atoms with Crippen LogP contribution in [0.5, 0.6) is 5.75 Å². The Morgan fingerprint density at radius 3 is 2.69 bits per heavy atom. The van der Waals surface area contributed by atoms with Crippen molar-refractivity contribution in [3.63, 3.8) is 0 Å². The number of nitrogens with zero attached hydrogens (tertiary/aromatic N) is 3. The van der Waals surface area contributed by atoms with E-state index in [0.717, 1.165) is 15.8 Å². The SMILES string of the molecule is C=CCn1c(COc2cccc(C)c2)nnc1SCC(=O)NNC(=O)c1ccc(Br)cc1. The van der Waals surface area contributed by atoms with E-state index in [0.29, 0.717) is 23.1 Å². The van der Waals surface area contributed by atoms with E-state index in [1.807, 2.05) is 35.8 Å². The molecule has 0 bridgehead atoms. The summed E-state index contributed by atoms with van der Waals surface area (Å²) < 4.78 is 8.51. The first kappa shape index (κ1) is 23.6. The van der Waals surface area contributed by atoms with Crippen LogP contribution < -0.4 is 15.6 Å². The van der Waals surface area contributed by atoms with Gasteiger partial charge in [0.15, 0.2) is 11.0 Å². The van der Waals surface area contributed by atoms with Crippen molar-refractivity contribution < 1.29 is 14.3 Å². The van der Waals surface area contributed by atoms with Gasteiger partial charge in [-0.15, -0.1) is 16.8 Å². The van der Waals surface area contributed by atoms with Crippen molar-refractivity contribution in [1.82, 2.24) is 25.6 Å². The van der Waals surface area contributed by atoms with Gasteiger partial charge in [-0.25, -0.2) is 0 Å². The highest BCUT2D eigenvalue weighted by atomic mass is 79.9. The lowest BCUT2D eigenvalue weighted by atomic mass is 10.2. The molecule has 0 saturated carbocycles. The number of allylic oxidation sites excluding steroid dienone is 1. The summed E-state index contributed by atoms with van der Waals surface area (Å²) in [6.07, 6.45) is 1.72. The van der Waals surface area contributed by atoms with Crippen LogP contribution in [0.1, 0.15) is 21.7 Å². The summed E-state index contributed by atoms with van der Waals surface area (Å²) in [6.45, 7) is 6.48. The van der Waals surface area contributed by atoms with Gasteiger partial charge >= 0.3 is 0 Å². The molecule has 3 rings (SSSR count). The number of carbonyl (C=O) groups excluding carboxylic acids is 2. The molecule has 0 aliphatic rings. The standard InChI is InChI=1S/C22H22BrN5O3S/c1-3-11-28-19(13-31-18-6-4-5-15(2)12-18)24-27-22(28)32-14-20(29)25-26-21(30)16-7-9-17(23)10-8-16/h3-10,12H,1,11,13-14H2,2H3,(H,25,29)(H,26,30). The third-order valence-corrected chi connectivity index (χ3v) is 5.71. The highest BCUT2D eigenvalue weighted by molar-refractivity contribution is 9.10. The second kappa shape index (κ2) is 11.5. The summed E-state index contributed by atoms with van der Waals surface area (Å²) in [6, 6.07) is 14.5. The number of thioether (sulfide) groups is 1. The van der Waals surface area contributed by atoms with Gasteiger partial charge in [-0.1, -0.05) is 45.9 Å². The molecular weight excluding hydrogens is 494 g/mol. The number of amides is 2. The second-order valence-corrected chi connectivity index (χ2v) is 8.56. The van der Waals surface area contributed by atoms with Crippen LogP contribution in [0, 0.1) is 6.92 Å². The van der Waals surface area contributed by atoms with E-state index in [2.05, 4.69) is 43.6 Å². The molecule has 2 N–H and O–H groups in total. The minimum atomic E-state index is -0.402. The Labute approximate surface area is 198 Å². The Bertz CT molecular complexity index is 1100. The maximum atomic E-state index is 12.2. The minimum Gasteiger partial charge on any atom is -0.486 e. The fourth-order valence-electron chi connectivity index (χ4n) is 2.66. The van der Waals surface area contributed by atoms with Crippen molar-refractivity contribution in [2.75, 3.05) is 5.75 Å². The van der Waals surface area contributed by atoms with E-state index in [4.69, 9.17) is 4.74 Å². The van der Waals surface area contributed by atoms with Gasteiger partial charge in [-0.05, 0) is 48.9 Å². The Balaban J connectivity index is 1.53. The molecule has 0 aliphatic carbocycles. The fourth-order valence-corrected chi connectivity index (χ4v) is 3.70. The van der Waals surface area contributed by atoms with Gasteiger partial charge in [0.1, 0.15) is 12.4 Å². The highest BCUT2D eigenvalue weighted by Gasteiger charge is 2.15. The van der Waals surface area contributed by atoms with Gasteiger partial charge in [0.2, 0.25) is 5.91 Å². The lowest BCUT2D eigenvalue weighted by Crippen LogP contribution is -2.42. The first-order valence-electron chi connectivity index (χ1n) is 9.66. The number of nitrogens with one attached hydrogen (secondary N) is 2. The van der Waals surface area contributed by atoms with E-state index < -0.39 is 5.91 Å². The van der Waals surface area contributed by atoms with Gasteiger partial charge in [-0.3, -0.25) is 25.0 Å². The summed E-state index contributed by atoms with van der Waals surface area (Å²) in [5, 5.41) is 8.91. The zero-order valence-electron chi connectivity index (χ0n) is 17.4. The topological polar surface area (TPSA) is 98.1 Å². The third kappa shape index (κ3) is 6.69. The van der Waals surface area contributed by atoms with Crippen LogP contribution in [-0.4, -0.2) is 32.3 Å². The zero-order chi connectivity index (χ0) is 22.9. The van der Waals surface area contributed by atoms with Crippen LogP contribution in [0.25, 0.3) is 0 Å². The van der Waals surface area contributed by atoms with Crippen molar-refractivity contribution in [2.24, 2.45) is 0 Å². The van der Waals surface area contributed by atoms with E-state index in [-0.39, 0.29) is 18.3 Å². The van der Waals surface area contributed by atoms with Crippen molar-refractivity contribution >= 4 is 39.5 Å². The molecule has 10 heteroatoms. The van der Waals surface area contributed by atoms with Crippen LogP contribution in [0.2, 0.25) is 0 Å². The van der Waals surface area contributed by atoms with Gasteiger partial charge in [-0.2, -0.15) is 0 Å². The summed E-state index contributed by atoms with van der Waals surface area (Å²) in [4.78, 5) is 24.3. The summed E-state index contributed by atoms with van der Waals surface area (Å²) in [7, 11) is 0. The van der Waals surface area contributed by atoms with Crippen molar-refractivity contribution in [3.05, 3.63) is 82.6 Å². The second-order valence-electron chi connectivity index (χ2n) is 6.70. The number of carbonyl (C=O) groups is 2. The van der Waals surface area contributed by atoms with Crippen LogP contribution >= 0.6 is 27.7 Å². The minimum absolute atomic E-state index is 0.0502. The van der Waals surface area contributed by atoms with Crippen LogP contribution in [0.15, 0.2) is 70.8 Å². The van der Waals surface area contributed by atoms with Crippen molar-refractivity contribution in [3.8, 4) is 5.75 Å². The molecule has 8 nitrogen and oxygen atoms in total. The number of halogens is 1. The van der Waals surface area contributed by atoms with Gasteiger partial charge in [0.25, 0.3) is 5.91 Å². The predicted octanol–water partition coefficient (Wildman–Crippen LogP) is 3.67. The van der Waals surface area contributed by atoms with Crippen LogP contribution in [-0.2, 0) is 17.9 Å². The Morgan fingerprint density at radius 2 is 1.97 bits per heavy atom. The number of hydrazine groups is 1. The van der Waals surface area contributed by atoms with E-state index >= 15 is 0 Å². The first-order chi connectivity index (χ1) is 15.5. The summed E-state index contributed by atoms with van der Waals surface area (Å²) in [5.74, 6) is 0.646. The number of hydrogen-bond acceptors (Lipinski definition) is 6. The van der Waals surface area contributed by atoms with E-state index in [1.54, 1.807) is 30.3 Å². The fraction of sp³-hybridized carbons (Fsp3) is 0.182. The molecule has 2 amide bonds. The van der Waals surface area contributed by atoms with Gasteiger partial charge in [0, 0.05) is 16.6 Å². The van der Waals surface area contributed by atoms with Crippen molar-refractivity contribution in [2.45, 2.75) is 25.2 Å². The number of benzene rings is 2. The quantitative estimate of drug-likeness (QED) is 0.256. The first-order valence-corrected chi connectivity index (χ1v) is 11.4. The lowest BCUT2D eigenvalue weighted by molar-refractivity contribution is -0.119. The molecule has 0 spiro atoms. The lowest BCUT2D eigenvalue weighted by Gasteiger charge is -2.10. The van der Waals surface area contributed by atoms with E-state index in [9.17, 15) is 9.59 Å². The molecule has 0 radical (unpaired) electrons. The number of aromatic nitrogens is 3. The monoisotopic (exact) mass is 515 g/mol. The number of aryl methyl sites for hydroxylation is 1. The average Bonchev–Trinajstić information content (AvgIpc) is 3.17. The third-order valence-electron chi connectivity index (χ3n) is 4.22. The van der Waals surface area contributed by atoms with Crippen molar-refractivity contribution in [1.29, 1.82) is 0 Å². The Hall–Kier alpha value is -3.11. The zero-order valence-corrected chi connectivity index (χ0v) is 19.8. The number of ether oxygens (including phenoxy) is 1. The molecule has 1 aromatic heterocycles. The molecule has 0 fully saturated rings. The van der Waals surface area contributed by atoms with E-state index in [1.165, 1.54) is 11.8 Å².